The number of ketones is 1. The van der Waals surface area contributed by atoms with Gasteiger partial charge in [-0.25, -0.2) is 18.4 Å². The SMILES string of the molecule is Cc1ccc(S(=O)(=O)Nc2cc(Cl)cnc2C(=O)c2c(C)cn(O)c3nccc2-3)cc1C(F)(F)F. The lowest BCUT2D eigenvalue weighted by Crippen LogP contribution is -2.19. The summed E-state index contributed by atoms with van der Waals surface area (Å²) in [6.45, 7) is 2.76. The number of nitrogens with one attached hydrogen (secondary N) is 1. The summed E-state index contributed by atoms with van der Waals surface area (Å²) in [5.41, 5.74) is -1.19. The molecule has 182 valence electrons. The Morgan fingerprint density at radius 2 is 1.83 bits per heavy atom. The largest absolute Gasteiger partial charge is 0.427 e. The molecule has 0 atom stereocenters. The van der Waals surface area contributed by atoms with Crippen LogP contribution in [0.3, 0.4) is 0 Å². The molecule has 35 heavy (non-hydrogen) atoms. The van der Waals surface area contributed by atoms with E-state index in [1.165, 1.54) is 25.4 Å². The molecule has 8 nitrogen and oxygen atoms in total. The van der Waals surface area contributed by atoms with Gasteiger partial charge in [0.25, 0.3) is 10.0 Å². The fraction of sp³-hybridized carbons (Fsp3) is 0.136. The van der Waals surface area contributed by atoms with Crippen LogP contribution in [-0.4, -0.2) is 34.1 Å². The first-order valence-electron chi connectivity index (χ1n) is 9.86. The third kappa shape index (κ3) is 4.54. The number of nitrogens with zero attached hydrogens (tertiary/aromatic N) is 3. The average molecular weight is 525 g/mol. The molecule has 2 aromatic rings. The van der Waals surface area contributed by atoms with Crippen molar-refractivity contribution < 1.29 is 31.6 Å². The van der Waals surface area contributed by atoms with Gasteiger partial charge in [-0.2, -0.15) is 17.9 Å². The van der Waals surface area contributed by atoms with Gasteiger partial charge in [0.1, 0.15) is 5.69 Å². The van der Waals surface area contributed by atoms with E-state index < -0.39 is 32.4 Å². The van der Waals surface area contributed by atoms with Gasteiger partial charge >= 0.3 is 6.18 Å². The third-order valence-corrected chi connectivity index (χ3v) is 6.81. The second-order valence-electron chi connectivity index (χ2n) is 7.67. The summed E-state index contributed by atoms with van der Waals surface area (Å²) in [6, 6.07) is 5.19. The number of aryl methyl sites for hydroxylation is 2. The highest BCUT2D eigenvalue weighted by molar-refractivity contribution is 7.92. The molecular weight excluding hydrogens is 509 g/mol. The van der Waals surface area contributed by atoms with E-state index in [0.717, 1.165) is 29.1 Å². The van der Waals surface area contributed by atoms with Crippen molar-refractivity contribution in [2.45, 2.75) is 24.9 Å². The molecule has 0 unspecified atom stereocenters. The van der Waals surface area contributed by atoms with Crippen LogP contribution in [0, 0.1) is 13.8 Å². The number of aromatic nitrogens is 3. The summed E-state index contributed by atoms with van der Waals surface area (Å²) in [5, 5.41) is 10.0. The van der Waals surface area contributed by atoms with Crippen molar-refractivity contribution in [3.63, 3.8) is 0 Å². The highest BCUT2D eigenvalue weighted by atomic mass is 35.5. The van der Waals surface area contributed by atoms with Crippen LogP contribution in [-0.2, 0) is 16.2 Å². The number of halogens is 4. The normalized spacial score (nSPS) is 12.2. The number of sulfonamides is 1. The lowest BCUT2D eigenvalue weighted by Gasteiger charge is -2.16. The molecule has 1 aromatic heterocycles. The molecule has 0 spiro atoms. The lowest BCUT2D eigenvalue weighted by atomic mass is 9.97. The predicted octanol–water partition coefficient (Wildman–Crippen LogP) is 4.94. The molecule has 0 saturated carbocycles. The van der Waals surface area contributed by atoms with Gasteiger partial charge in [0.05, 0.1) is 21.2 Å². The molecule has 0 bridgehead atoms. The van der Waals surface area contributed by atoms with Crippen LogP contribution >= 0.6 is 11.6 Å². The van der Waals surface area contributed by atoms with Gasteiger partial charge < -0.3 is 5.21 Å². The molecule has 2 aliphatic rings. The van der Waals surface area contributed by atoms with E-state index in [1.807, 2.05) is 0 Å². The Balaban J connectivity index is 1.80. The molecule has 2 N–H and O–H groups in total. The zero-order valence-corrected chi connectivity index (χ0v) is 19.6. The molecule has 3 heterocycles. The monoisotopic (exact) mass is 524 g/mol. The summed E-state index contributed by atoms with van der Waals surface area (Å²) in [4.78, 5) is 20.8. The number of hydrogen-bond donors (Lipinski definition) is 2. The number of carbonyl (C=O) groups is 1. The summed E-state index contributed by atoms with van der Waals surface area (Å²) < 4.78 is 68.8. The minimum atomic E-state index is -4.76. The predicted molar refractivity (Wildman–Crippen MR) is 120 cm³/mol. The van der Waals surface area contributed by atoms with Crippen LogP contribution in [0.4, 0.5) is 18.9 Å². The van der Waals surface area contributed by atoms with Crippen molar-refractivity contribution in [1.82, 2.24) is 14.7 Å². The van der Waals surface area contributed by atoms with Crippen molar-refractivity contribution in [3.05, 3.63) is 81.9 Å². The highest BCUT2D eigenvalue weighted by Gasteiger charge is 2.34. The zero-order valence-electron chi connectivity index (χ0n) is 18.1. The Labute approximate surface area is 202 Å². The summed E-state index contributed by atoms with van der Waals surface area (Å²) in [6.07, 6.45) is -0.998. The molecular formula is C22H16ClF3N4O4S. The fourth-order valence-corrected chi connectivity index (χ4v) is 4.86. The second kappa shape index (κ2) is 8.54. The standard InChI is InChI=1S/C22H16ClF3N4O4S/c1-11-3-4-14(8-16(11)22(24,25)26)35(33,34)29-17-7-13(23)9-28-19(17)20(31)18-12(2)10-30(32)21-15(18)5-6-27-21/h3-10,29,32H,1-2H3. The first-order valence-corrected chi connectivity index (χ1v) is 11.7. The van der Waals surface area contributed by atoms with Crippen LogP contribution in [0.2, 0.25) is 5.02 Å². The van der Waals surface area contributed by atoms with Crippen LogP contribution in [0.5, 0.6) is 0 Å². The molecule has 0 saturated heterocycles. The van der Waals surface area contributed by atoms with E-state index in [9.17, 15) is 31.6 Å². The summed E-state index contributed by atoms with van der Waals surface area (Å²) in [7, 11) is -4.57. The number of carbonyl (C=O) groups excluding carboxylic acids is 1. The maximum absolute atomic E-state index is 13.5. The maximum atomic E-state index is 13.5. The number of hydrogen-bond acceptors (Lipinski definition) is 6. The average Bonchev–Trinajstić information content (AvgIpc) is 3.23. The quantitative estimate of drug-likeness (QED) is 0.282. The smallest absolute Gasteiger partial charge is 0.416 e. The van der Waals surface area contributed by atoms with Gasteiger partial charge in [-0.1, -0.05) is 17.7 Å². The molecule has 13 heteroatoms. The summed E-state index contributed by atoms with van der Waals surface area (Å²) >= 11 is 5.97. The fourth-order valence-electron chi connectivity index (χ4n) is 3.62. The van der Waals surface area contributed by atoms with Crippen molar-refractivity contribution in [1.29, 1.82) is 0 Å². The van der Waals surface area contributed by atoms with E-state index in [4.69, 9.17) is 11.6 Å². The first-order chi connectivity index (χ1) is 16.3. The summed E-state index contributed by atoms with van der Waals surface area (Å²) in [5.74, 6) is -0.621. The number of alkyl halides is 3. The lowest BCUT2D eigenvalue weighted by molar-refractivity contribution is -0.138. The van der Waals surface area contributed by atoms with Gasteiger partial charge in [-0.05, 0) is 49.2 Å². The number of rotatable bonds is 5. The number of anilines is 1. The van der Waals surface area contributed by atoms with Crippen LogP contribution in [0.25, 0.3) is 11.4 Å². The van der Waals surface area contributed by atoms with Gasteiger partial charge in [0.2, 0.25) is 5.78 Å². The molecule has 1 aromatic carbocycles. The van der Waals surface area contributed by atoms with Crippen molar-refractivity contribution in [2.75, 3.05) is 4.72 Å². The molecule has 4 rings (SSSR count). The van der Waals surface area contributed by atoms with E-state index in [1.54, 1.807) is 6.92 Å². The zero-order chi connectivity index (χ0) is 25.7. The van der Waals surface area contributed by atoms with Crippen molar-refractivity contribution in [2.24, 2.45) is 0 Å². The number of benzene rings is 1. The number of pyridine rings is 2. The van der Waals surface area contributed by atoms with Gasteiger partial charge in [0, 0.05) is 29.7 Å². The number of fused-ring (bicyclic) bond motifs is 1. The van der Waals surface area contributed by atoms with Crippen LogP contribution in [0.15, 0.2) is 53.8 Å². The first kappa shape index (κ1) is 24.5. The Bertz CT molecular complexity index is 1550. The Hall–Kier alpha value is -3.64. The van der Waals surface area contributed by atoms with E-state index >= 15 is 0 Å². The topological polar surface area (TPSA) is 114 Å². The Morgan fingerprint density at radius 1 is 1.11 bits per heavy atom. The van der Waals surface area contributed by atoms with E-state index in [0.29, 0.717) is 11.6 Å². The van der Waals surface area contributed by atoms with Crippen LogP contribution in [0.1, 0.15) is 32.7 Å². The minimum Gasteiger partial charge on any atom is -0.427 e. The van der Waals surface area contributed by atoms with Gasteiger partial charge in [-0.15, -0.1) is 0 Å². The Morgan fingerprint density at radius 3 is 2.51 bits per heavy atom. The minimum absolute atomic E-state index is 0.0164. The molecule has 0 amide bonds. The maximum Gasteiger partial charge on any atom is 0.416 e. The van der Waals surface area contributed by atoms with Gasteiger partial charge in [0.15, 0.2) is 5.82 Å². The highest BCUT2D eigenvalue weighted by Crippen LogP contribution is 2.35. The molecule has 0 fully saturated rings. The van der Waals surface area contributed by atoms with E-state index in [2.05, 4.69) is 14.7 Å². The van der Waals surface area contributed by atoms with Crippen molar-refractivity contribution in [3.8, 4) is 11.4 Å². The Kier molecular flexibility index (Phi) is 5.97. The van der Waals surface area contributed by atoms with E-state index in [-0.39, 0.29) is 38.9 Å². The molecule has 0 aliphatic carbocycles. The third-order valence-electron chi connectivity index (χ3n) is 5.24. The van der Waals surface area contributed by atoms with Crippen LogP contribution < -0.4 is 4.72 Å². The molecule has 2 aliphatic heterocycles. The van der Waals surface area contributed by atoms with Gasteiger partial charge in [-0.3, -0.25) is 9.52 Å². The second-order valence-corrected chi connectivity index (χ2v) is 9.79. The van der Waals surface area contributed by atoms with Crippen molar-refractivity contribution >= 4 is 33.1 Å². The molecule has 0 radical (unpaired) electrons.